The molecule has 0 amide bonds. The van der Waals surface area contributed by atoms with Gasteiger partial charge >= 0.3 is 5.69 Å². The summed E-state index contributed by atoms with van der Waals surface area (Å²) in [6.45, 7) is 3.49. The van der Waals surface area contributed by atoms with Crippen LogP contribution in [-0.4, -0.2) is 34.7 Å². The van der Waals surface area contributed by atoms with Gasteiger partial charge in [-0.2, -0.15) is 0 Å². The van der Waals surface area contributed by atoms with Crippen molar-refractivity contribution in [1.82, 2.24) is 4.98 Å². The van der Waals surface area contributed by atoms with E-state index in [0.717, 1.165) is 37.9 Å². The number of rotatable bonds is 4. The average Bonchev–Trinajstić information content (AvgIpc) is 2.39. The Kier molecular flexibility index (Phi) is 4.31. The highest BCUT2D eigenvalue weighted by atomic mass is 16.6. The molecule has 104 valence electrons. The molecule has 2 rings (SSSR count). The van der Waals surface area contributed by atoms with Crippen molar-refractivity contribution < 1.29 is 10.0 Å². The second kappa shape index (κ2) is 5.97. The number of hydrogen-bond acceptors (Lipinski definition) is 5. The van der Waals surface area contributed by atoms with E-state index in [1.165, 1.54) is 0 Å². The Bertz CT molecular complexity index is 462. The minimum Gasteiger partial charge on any atom is -0.396 e. The fourth-order valence-electron chi connectivity index (χ4n) is 2.60. The molecule has 0 radical (unpaired) electrons. The number of anilines is 1. The third-order valence-corrected chi connectivity index (χ3v) is 3.54. The van der Waals surface area contributed by atoms with Crippen LogP contribution in [0.5, 0.6) is 0 Å². The topological polar surface area (TPSA) is 79.5 Å². The van der Waals surface area contributed by atoms with Gasteiger partial charge < -0.3 is 10.0 Å². The second-order valence-corrected chi connectivity index (χ2v) is 5.08. The summed E-state index contributed by atoms with van der Waals surface area (Å²) in [6, 6.07) is 1.57. The molecule has 6 nitrogen and oxygen atoms in total. The Morgan fingerprint density at radius 1 is 1.63 bits per heavy atom. The summed E-state index contributed by atoms with van der Waals surface area (Å²) >= 11 is 0. The van der Waals surface area contributed by atoms with Crippen LogP contribution in [0.3, 0.4) is 0 Å². The van der Waals surface area contributed by atoms with Gasteiger partial charge in [0.15, 0.2) is 0 Å². The Labute approximate surface area is 112 Å². The largest absolute Gasteiger partial charge is 0.396 e. The highest BCUT2D eigenvalue weighted by Gasteiger charge is 2.26. The lowest BCUT2D eigenvalue weighted by atomic mass is 9.95. The summed E-state index contributed by atoms with van der Waals surface area (Å²) in [5.74, 6) is 0.847. The molecule has 1 aliphatic rings. The van der Waals surface area contributed by atoms with E-state index in [9.17, 15) is 10.1 Å². The summed E-state index contributed by atoms with van der Waals surface area (Å²) in [6.07, 6.45) is 4.46. The molecule has 1 N–H and O–H groups in total. The summed E-state index contributed by atoms with van der Waals surface area (Å²) in [5, 5.41) is 20.1. The van der Waals surface area contributed by atoms with Crippen LogP contribution in [0, 0.1) is 23.0 Å². The number of nitrogens with zero attached hydrogens (tertiary/aromatic N) is 3. The summed E-state index contributed by atoms with van der Waals surface area (Å²) in [7, 11) is 0. The molecule has 0 spiro atoms. The van der Waals surface area contributed by atoms with Crippen molar-refractivity contribution in [3.8, 4) is 0 Å². The van der Waals surface area contributed by atoms with Crippen LogP contribution >= 0.6 is 0 Å². The zero-order chi connectivity index (χ0) is 13.8. The molecule has 1 atom stereocenters. The van der Waals surface area contributed by atoms with Crippen LogP contribution in [-0.2, 0) is 0 Å². The zero-order valence-electron chi connectivity index (χ0n) is 11.1. The van der Waals surface area contributed by atoms with E-state index in [-0.39, 0.29) is 17.2 Å². The first kappa shape index (κ1) is 13.7. The minimum atomic E-state index is -0.370. The Hall–Kier alpha value is -1.69. The van der Waals surface area contributed by atoms with Crippen molar-refractivity contribution in [3.05, 3.63) is 27.9 Å². The van der Waals surface area contributed by atoms with Crippen molar-refractivity contribution in [2.24, 2.45) is 5.92 Å². The van der Waals surface area contributed by atoms with Crippen molar-refractivity contribution in [3.63, 3.8) is 0 Å². The van der Waals surface area contributed by atoms with Crippen LogP contribution in [0.1, 0.15) is 24.8 Å². The summed E-state index contributed by atoms with van der Waals surface area (Å²) in [4.78, 5) is 17.0. The maximum Gasteiger partial charge on any atom is 0.311 e. The maximum absolute atomic E-state index is 11.1. The number of piperidine rings is 1. The first-order valence-electron chi connectivity index (χ1n) is 6.58. The molecule has 0 saturated carbocycles. The van der Waals surface area contributed by atoms with E-state index in [1.54, 1.807) is 19.2 Å². The van der Waals surface area contributed by atoms with E-state index in [2.05, 4.69) is 4.98 Å². The maximum atomic E-state index is 11.1. The molecule has 19 heavy (non-hydrogen) atoms. The van der Waals surface area contributed by atoms with Gasteiger partial charge in [-0.3, -0.25) is 10.1 Å². The molecule has 1 unspecified atom stereocenters. The third kappa shape index (κ3) is 3.20. The van der Waals surface area contributed by atoms with E-state index < -0.39 is 0 Å². The number of nitro groups is 1. The summed E-state index contributed by atoms with van der Waals surface area (Å²) < 4.78 is 0. The Balaban J connectivity index is 2.23. The molecule has 0 bridgehead atoms. The van der Waals surface area contributed by atoms with Crippen LogP contribution < -0.4 is 4.90 Å². The van der Waals surface area contributed by atoms with Gasteiger partial charge in [0.2, 0.25) is 5.82 Å². The zero-order valence-corrected chi connectivity index (χ0v) is 11.1. The van der Waals surface area contributed by atoms with E-state index in [0.29, 0.717) is 11.7 Å². The Morgan fingerprint density at radius 3 is 3.11 bits per heavy atom. The standard InChI is InChI=1S/C13H19N3O3/c1-10-7-12(16(18)19)13(14-8-10)15-5-2-3-11(9-15)4-6-17/h7-8,11,17H,2-6,9H2,1H3. The van der Waals surface area contributed by atoms with Crippen molar-refractivity contribution in [2.75, 3.05) is 24.6 Å². The first-order valence-corrected chi connectivity index (χ1v) is 6.58. The molecule has 0 aromatic carbocycles. The number of aryl methyl sites for hydroxylation is 1. The smallest absolute Gasteiger partial charge is 0.311 e. The first-order chi connectivity index (χ1) is 9.11. The number of aromatic nitrogens is 1. The monoisotopic (exact) mass is 265 g/mol. The predicted octanol–water partition coefficient (Wildman–Crippen LogP) is 1.90. The molecule has 1 aromatic heterocycles. The fourth-order valence-corrected chi connectivity index (χ4v) is 2.60. The molecule has 1 aromatic rings. The van der Waals surface area contributed by atoms with Gasteiger partial charge in [-0.15, -0.1) is 0 Å². The number of aliphatic hydroxyl groups is 1. The third-order valence-electron chi connectivity index (χ3n) is 3.54. The lowest BCUT2D eigenvalue weighted by molar-refractivity contribution is -0.384. The van der Waals surface area contributed by atoms with E-state index in [1.807, 2.05) is 4.90 Å². The molecule has 1 saturated heterocycles. The lowest BCUT2D eigenvalue weighted by Gasteiger charge is -2.33. The molecule has 1 fully saturated rings. The number of hydrogen-bond donors (Lipinski definition) is 1. The van der Waals surface area contributed by atoms with Crippen LogP contribution in [0.15, 0.2) is 12.3 Å². The predicted molar refractivity (Wildman–Crippen MR) is 72.3 cm³/mol. The number of aliphatic hydroxyl groups excluding tert-OH is 1. The second-order valence-electron chi connectivity index (χ2n) is 5.08. The quantitative estimate of drug-likeness (QED) is 0.664. The van der Waals surface area contributed by atoms with Crippen molar-refractivity contribution in [1.29, 1.82) is 0 Å². The average molecular weight is 265 g/mol. The molecular formula is C13H19N3O3. The molecule has 6 heteroatoms. The van der Waals surface area contributed by atoms with Gasteiger partial charge in [0, 0.05) is 32.0 Å². The van der Waals surface area contributed by atoms with Crippen LogP contribution in [0.25, 0.3) is 0 Å². The molecule has 0 aliphatic carbocycles. The highest BCUT2D eigenvalue weighted by Crippen LogP contribution is 2.30. The van der Waals surface area contributed by atoms with Gasteiger partial charge in [-0.1, -0.05) is 0 Å². The number of pyridine rings is 1. The fraction of sp³-hybridized carbons (Fsp3) is 0.615. The molecular weight excluding hydrogens is 246 g/mol. The van der Waals surface area contributed by atoms with Crippen molar-refractivity contribution >= 4 is 11.5 Å². The van der Waals surface area contributed by atoms with Gasteiger partial charge in [0.1, 0.15) is 0 Å². The van der Waals surface area contributed by atoms with Crippen molar-refractivity contribution in [2.45, 2.75) is 26.2 Å². The van der Waals surface area contributed by atoms with E-state index >= 15 is 0 Å². The van der Waals surface area contributed by atoms with Crippen LogP contribution in [0.2, 0.25) is 0 Å². The van der Waals surface area contributed by atoms with Crippen LogP contribution in [0.4, 0.5) is 11.5 Å². The highest BCUT2D eigenvalue weighted by molar-refractivity contribution is 5.58. The molecule has 2 heterocycles. The Morgan fingerprint density at radius 2 is 2.42 bits per heavy atom. The normalized spacial score (nSPS) is 19.5. The van der Waals surface area contributed by atoms with Gasteiger partial charge in [-0.05, 0) is 37.7 Å². The van der Waals surface area contributed by atoms with Gasteiger partial charge in [0.05, 0.1) is 4.92 Å². The molecule has 1 aliphatic heterocycles. The van der Waals surface area contributed by atoms with Gasteiger partial charge in [0.25, 0.3) is 0 Å². The van der Waals surface area contributed by atoms with Gasteiger partial charge in [-0.25, -0.2) is 4.98 Å². The minimum absolute atomic E-state index is 0.0737. The van der Waals surface area contributed by atoms with E-state index in [4.69, 9.17) is 5.11 Å². The SMILES string of the molecule is Cc1cnc(N2CCCC(CCO)C2)c([N+](=O)[O-])c1. The summed E-state index contributed by atoms with van der Waals surface area (Å²) in [5.41, 5.74) is 0.865. The lowest BCUT2D eigenvalue weighted by Crippen LogP contribution is -2.36.